The third-order valence-electron chi connectivity index (χ3n) is 3.71. The van der Waals surface area contributed by atoms with Crippen molar-refractivity contribution in [2.24, 2.45) is 0 Å². The number of ketones is 1. The first-order valence-corrected chi connectivity index (χ1v) is 6.89. The van der Waals surface area contributed by atoms with Crippen LogP contribution >= 0.6 is 0 Å². The van der Waals surface area contributed by atoms with Crippen molar-refractivity contribution in [3.05, 3.63) is 65.7 Å². The van der Waals surface area contributed by atoms with E-state index in [4.69, 9.17) is 5.73 Å². The van der Waals surface area contributed by atoms with Crippen molar-refractivity contribution >= 4 is 23.2 Å². The van der Waals surface area contributed by atoms with Crippen LogP contribution in [0.2, 0.25) is 0 Å². The summed E-state index contributed by atoms with van der Waals surface area (Å²) in [7, 11) is 0. The lowest BCUT2D eigenvalue weighted by Gasteiger charge is -2.07. The minimum atomic E-state index is -0.131. The molecule has 0 unspecified atom stereocenters. The highest BCUT2D eigenvalue weighted by molar-refractivity contribution is 6.28. The third kappa shape index (κ3) is 1.93. The summed E-state index contributed by atoms with van der Waals surface area (Å²) in [4.78, 5) is 12.9. The summed E-state index contributed by atoms with van der Waals surface area (Å²) in [6, 6.07) is 10.9. The van der Waals surface area contributed by atoms with Crippen LogP contribution in [0.4, 0.5) is 5.69 Å². The fraction of sp³-hybridized carbons (Fsp3) is 0.0625. The smallest absolute Gasteiger partial charge is 0.211 e. The molecule has 22 heavy (non-hydrogen) atoms. The zero-order valence-corrected chi connectivity index (χ0v) is 11.7. The van der Waals surface area contributed by atoms with Crippen molar-refractivity contribution in [3.63, 3.8) is 0 Å². The average Bonchev–Trinajstić information content (AvgIpc) is 3.12. The summed E-state index contributed by atoms with van der Waals surface area (Å²) in [5.41, 5.74) is 9.16. The molecule has 0 spiro atoms. The van der Waals surface area contributed by atoms with E-state index in [-0.39, 0.29) is 5.78 Å². The number of rotatable bonds is 2. The molecule has 2 aromatic heterocycles. The number of nitrogens with zero attached hydrogens (tertiary/aromatic N) is 4. The van der Waals surface area contributed by atoms with Gasteiger partial charge in [-0.05, 0) is 30.3 Å². The van der Waals surface area contributed by atoms with Crippen LogP contribution in [0, 0.1) is 0 Å². The van der Waals surface area contributed by atoms with Crippen molar-refractivity contribution in [2.75, 3.05) is 5.73 Å². The van der Waals surface area contributed by atoms with Crippen LogP contribution in [0.5, 0.6) is 0 Å². The molecule has 6 nitrogen and oxygen atoms in total. The summed E-state index contributed by atoms with van der Waals surface area (Å²) >= 11 is 0. The van der Waals surface area contributed by atoms with E-state index < -0.39 is 0 Å². The number of hydrogen-bond donors (Lipinski definition) is 1. The van der Waals surface area contributed by atoms with E-state index in [9.17, 15) is 4.79 Å². The van der Waals surface area contributed by atoms with Gasteiger partial charge in [0.05, 0.1) is 18.4 Å². The molecule has 0 radical (unpaired) electrons. The van der Waals surface area contributed by atoms with Gasteiger partial charge in [0.1, 0.15) is 5.70 Å². The largest absolute Gasteiger partial charge is 0.399 e. The Balaban J connectivity index is 1.88. The predicted octanol–water partition coefficient (Wildman–Crippen LogP) is 1.90. The van der Waals surface area contributed by atoms with E-state index in [2.05, 4.69) is 14.9 Å². The molecule has 0 aliphatic carbocycles. The van der Waals surface area contributed by atoms with E-state index in [1.165, 1.54) is 0 Å². The van der Waals surface area contributed by atoms with Crippen LogP contribution in [-0.4, -0.2) is 25.3 Å². The second-order valence-electron chi connectivity index (χ2n) is 5.18. The van der Waals surface area contributed by atoms with Crippen molar-refractivity contribution in [1.29, 1.82) is 0 Å². The van der Waals surface area contributed by atoms with Gasteiger partial charge in [0.15, 0.2) is 0 Å². The molecule has 0 bridgehead atoms. The van der Waals surface area contributed by atoms with E-state index in [0.29, 0.717) is 23.5 Å². The number of hydrogen-bond acceptors (Lipinski definition) is 4. The Morgan fingerprint density at radius 1 is 1.23 bits per heavy atom. The zero-order chi connectivity index (χ0) is 15.1. The number of benzene rings is 1. The summed E-state index contributed by atoms with van der Waals surface area (Å²) in [5.74, 6) is -0.131. The lowest BCUT2D eigenvalue weighted by molar-refractivity contribution is 0.105. The van der Waals surface area contributed by atoms with Crippen LogP contribution in [0.3, 0.4) is 0 Å². The Bertz CT molecular complexity index is 903. The maximum Gasteiger partial charge on any atom is 0.211 e. The lowest BCUT2D eigenvalue weighted by Crippen LogP contribution is -2.13. The fourth-order valence-electron chi connectivity index (χ4n) is 2.63. The van der Waals surface area contributed by atoms with Crippen molar-refractivity contribution < 1.29 is 4.79 Å². The van der Waals surface area contributed by atoms with Gasteiger partial charge >= 0.3 is 0 Å². The number of fused-ring (bicyclic) bond motifs is 2. The molecule has 0 saturated heterocycles. The number of nitrogen functional groups attached to an aromatic ring is 1. The minimum absolute atomic E-state index is 0.131. The Labute approximate surface area is 126 Å². The molecule has 3 heterocycles. The molecule has 2 N–H and O–H groups in total. The molecule has 1 aliphatic rings. The number of carbonyl (C=O) groups is 1. The van der Waals surface area contributed by atoms with Crippen LogP contribution in [0.15, 0.2) is 48.8 Å². The molecule has 0 atom stereocenters. The maximum atomic E-state index is 12.9. The van der Waals surface area contributed by atoms with E-state index >= 15 is 0 Å². The second kappa shape index (κ2) is 4.70. The van der Waals surface area contributed by atoms with Crippen LogP contribution in [0.25, 0.3) is 11.8 Å². The molecule has 6 heteroatoms. The number of nitrogens with two attached hydrogens (primary N) is 1. The number of carbonyl (C=O) groups excluding carboxylic acids is 1. The first-order valence-electron chi connectivity index (χ1n) is 6.89. The zero-order valence-electron chi connectivity index (χ0n) is 11.7. The van der Waals surface area contributed by atoms with E-state index in [0.717, 1.165) is 11.4 Å². The highest BCUT2D eigenvalue weighted by Crippen LogP contribution is 2.23. The van der Waals surface area contributed by atoms with Crippen LogP contribution in [-0.2, 0) is 6.54 Å². The van der Waals surface area contributed by atoms with E-state index in [1.807, 2.05) is 24.4 Å². The van der Waals surface area contributed by atoms with Gasteiger partial charge in [-0.25, -0.2) is 4.68 Å². The maximum absolute atomic E-state index is 12.9. The highest BCUT2D eigenvalue weighted by Gasteiger charge is 2.22. The molecular weight excluding hydrogens is 278 g/mol. The van der Waals surface area contributed by atoms with Crippen molar-refractivity contribution in [1.82, 2.24) is 19.6 Å². The summed E-state index contributed by atoms with van der Waals surface area (Å²) in [5, 5.41) is 7.99. The monoisotopic (exact) mass is 291 g/mol. The quantitative estimate of drug-likeness (QED) is 0.578. The molecular formula is C16H13N5O. The number of aromatic nitrogens is 4. The molecule has 0 amide bonds. The normalized spacial score (nSPS) is 13.0. The molecule has 0 fully saturated rings. The molecule has 0 saturated carbocycles. The average molecular weight is 291 g/mol. The van der Waals surface area contributed by atoms with Gasteiger partial charge in [0.25, 0.3) is 0 Å². The van der Waals surface area contributed by atoms with Gasteiger partial charge in [-0.2, -0.15) is 0 Å². The molecule has 1 aliphatic heterocycles. The molecule has 3 aromatic rings. The summed E-state index contributed by atoms with van der Waals surface area (Å²) in [6.45, 7) is 0.625. The van der Waals surface area contributed by atoms with Crippen molar-refractivity contribution in [3.8, 4) is 0 Å². The second-order valence-corrected chi connectivity index (χ2v) is 5.18. The van der Waals surface area contributed by atoms with Crippen LogP contribution in [0.1, 0.15) is 21.7 Å². The summed E-state index contributed by atoms with van der Waals surface area (Å²) in [6.07, 6.45) is 5.48. The number of allylic oxidation sites excluding steroid dienone is 1. The Morgan fingerprint density at radius 2 is 2.14 bits per heavy atom. The Kier molecular flexibility index (Phi) is 2.69. The fourth-order valence-corrected chi connectivity index (χ4v) is 2.63. The van der Waals surface area contributed by atoms with Gasteiger partial charge in [-0.15, -0.1) is 5.10 Å². The van der Waals surface area contributed by atoms with Crippen molar-refractivity contribution in [2.45, 2.75) is 6.54 Å². The van der Waals surface area contributed by atoms with Gasteiger partial charge < -0.3 is 10.3 Å². The molecule has 4 rings (SSSR count). The summed E-state index contributed by atoms with van der Waals surface area (Å²) < 4.78 is 3.65. The highest BCUT2D eigenvalue weighted by atomic mass is 16.1. The SMILES string of the molecule is Nc1cccc(C(=O)C2=Cc3cccn3Cc3cnnn32)c1. The number of Topliss-reactive ketones (excluding diaryl/α,β-unsaturated/α-hetero) is 1. The first-order chi connectivity index (χ1) is 10.7. The van der Waals surface area contributed by atoms with Crippen LogP contribution < -0.4 is 5.73 Å². The van der Waals surface area contributed by atoms with Gasteiger partial charge in [-0.3, -0.25) is 4.79 Å². The minimum Gasteiger partial charge on any atom is -0.399 e. The third-order valence-corrected chi connectivity index (χ3v) is 3.71. The standard InChI is InChI=1S/C16H13N5O/c17-12-4-1-3-11(7-12)16(22)15-8-13-5-2-6-20(13)10-14-9-18-19-21(14)15/h1-9H,10,17H2. The first kappa shape index (κ1) is 12.6. The van der Waals surface area contributed by atoms with Gasteiger partial charge in [0, 0.05) is 23.1 Å². The number of anilines is 1. The lowest BCUT2D eigenvalue weighted by atomic mass is 10.1. The molecule has 1 aromatic carbocycles. The molecule has 108 valence electrons. The Morgan fingerprint density at radius 3 is 3.00 bits per heavy atom. The Hall–Kier alpha value is -3.15. The van der Waals surface area contributed by atoms with Gasteiger partial charge in [-0.1, -0.05) is 17.3 Å². The van der Waals surface area contributed by atoms with Gasteiger partial charge in [0.2, 0.25) is 5.78 Å². The topological polar surface area (TPSA) is 78.7 Å². The van der Waals surface area contributed by atoms with E-state index in [1.54, 1.807) is 35.1 Å². The predicted molar refractivity (Wildman–Crippen MR) is 82.9 cm³/mol.